The molecule has 6 heteroatoms. The van der Waals surface area contributed by atoms with Gasteiger partial charge in [-0.05, 0) is 86.4 Å². The van der Waals surface area contributed by atoms with Gasteiger partial charge in [0.1, 0.15) is 11.6 Å². The molecule has 2 amide bonds. The number of halogens is 1. The predicted molar refractivity (Wildman–Crippen MR) is 123 cm³/mol. The number of ether oxygens (including phenoxy) is 1. The van der Waals surface area contributed by atoms with Crippen molar-refractivity contribution >= 4 is 12.0 Å². The number of likely N-dealkylation sites (tertiary alicyclic amines) is 1. The standard InChI is InChI=1S/C26H33FN2O3/c1-17(2)16-23(28-25(30)21-8-10-22(27)11-9-21)20-12-14-29(15-13-20)26(31)32-24-7-5-6-18(3)19(24)4/h5-11,17,20,23H,12-16H2,1-4H3,(H,28,30). The molecule has 1 saturated heterocycles. The van der Waals surface area contributed by atoms with E-state index in [0.29, 0.717) is 30.3 Å². The van der Waals surface area contributed by atoms with E-state index in [1.807, 2.05) is 32.0 Å². The highest BCUT2D eigenvalue weighted by Crippen LogP contribution is 2.27. The summed E-state index contributed by atoms with van der Waals surface area (Å²) in [5.74, 6) is 0.738. The Hall–Kier alpha value is -2.89. The van der Waals surface area contributed by atoms with Gasteiger partial charge in [-0.25, -0.2) is 9.18 Å². The molecule has 0 aromatic heterocycles. The normalized spacial score (nSPS) is 15.5. The molecule has 0 radical (unpaired) electrons. The van der Waals surface area contributed by atoms with E-state index < -0.39 is 0 Å². The molecule has 172 valence electrons. The minimum absolute atomic E-state index is 0.00439. The summed E-state index contributed by atoms with van der Waals surface area (Å²) in [6, 6.07) is 11.3. The van der Waals surface area contributed by atoms with Crippen LogP contribution >= 0.6 is 0 Å². The van der Waals surface area contributed by atoms with Crippen molar-refractivity contribution < 1.29 is 18.7 Å². The molecule has 1 aliphatic rings. The summed E-state index contributed by atoms with van der Waals surface area (Å²) >= 11 is 0. The van der Waals surface area contributed by atoms with E-state index in [2.05, 4.69) is 19.2 Å². The highest BCUT2D eigenvalue weighted by atomic mass is 19.1. The van der Waals surface area contributed by atoms with Crippen LogP contribution in [0.4, 0.5) is 9.18 Å². The van der Waals surface area contributed by atoms with E-state index in [1.165, 1.54) is 24.3 Å². The Labute approximate surface area is 190 Å². The SMILES string of the molecule is Cc1cccc(OC(=O)N2CCC(C(CC(C)C)NC(=O)c3ccc(F)cc3)CC2)c1C. The first-order chi connectivity index (χ1) is 15.2. The lowest BCUT2D eigenvalue weighted by Gasteiger charge is -2.36. The first-order valence-corrected chi connectivity index (χ1v) is 11.3. The summed E-state index contributed by atoms with van der Waals surface area (Å²) in [6.45, 7) is 9.39. The van der Waals surface area contributed by atoms with Gasteiger partial charge in [-0.15, -0.1) is 0 Å². The molecule has 0 saturated carbocycles. The van der Waals surface area contributed by atoms with Crippen LogP contribution in [0.15, 0.2) is 42.5 Å². The Balaban J connectivity index is 1.59. The fraction of sp³-hybridized carbons (Fsp3) is 0.462. The van der Waals surface area contributed by atoms with Crippen LogP contribution in [-0.2, 0) is 0 Å². The van der Waals surface area contributed by atoms with E-state index in [4.69, 9.17) is 4.74 Å². The number of carbonyl (C=O) groups is 2. The van der Waals surface area contributed by atoms with Crippen molar-refractivity contribution in [1.82, 2.24) is 10.2 Å². The molecule has 0 bridgehead atoms. The first-order valence-electron chi connectivity index (χ1n) is 11.3. The second-order valence-electron chi connectivity index (χ2n) is 9.11. The van der Waals surface area contributed by atoms with Gasteiger partial charge in [0.05, 0.1) is 0 Å². The van der Waals surface area contributed by atoms with Gasteiger partial charge in [-0.1, -0.05) is 26.0 Å². The lowest BCUT2D eigenvalue weighted by molar-refractivity contribution is 0.0871. The van der Waals surface area contributed by atoms with E-state index in [9.17, 15) is 14.0 Å². The van der Waals surface area contributed by atoms with Gasteiger partial charge in [0.15, 0.2) is 0 Å². The highest BCUT2D eigenvalue weighted by Gasteiger charge is 2.31. The van der Waals surface area contributed by atoms with E-state index in [-0.39, 0.29) is 29.8 Å². The van der Waals surface area contributed by atoms with Crippen molar-refractivity contribution in [1.29, 1.82) is 0 Å². The summed E-state index contributed by atoms with van der Waals surface area (Å²) in [6.07, 6.45) is 2.11. The zero-order chi connectivity index (χ0) is 23.3. The largest absolute Gasteiger partial charge is 0.415 e. The van der Waals surface area contributed by atoms with E-state index in [1.54, 1.807) is 4.90 Å². The number of hydrogen-bond acceptors (Lipinski definition) is 3. The van der Waals surface area contributed by atoms with Gasteiger partial charge in [-0.3, -0.25) is 4.79 Å². The van der Waals surface area contributed by atoms with Gasteiger partial charge in [-0.2, -0.15) is 0 Å². The number of piperidine rings is 1. The molecular weight excluding hydrogens is 407 g/mol. The number of rotatable bonds is 6. The number of amides is 2. The van der Waals surface area contributed by atoms with Crippen molar-refractivity contribution in [2.24, 2.45) is 11.8 Å². The zero-order valence-electron chi connectivity index (χ0n) is 19.4. The Kier molecular flexibility index (Phi) is 7.89. The average Bonchev–Trinajstić information content (AvgIpc) is 2.76. The maximum Gasteiger partial charge on any atom is 0.415 e. The average molecular weight is 441 g/mol. The van der Waals surface area contributed by atoms with E-state index >= 15 is 0 Å². The molecule has 2 aromatic carbocycles. The van der Waals surface area contributed by atoms with Crippen LogP contribution in [-0.4, -0.2) is 36.0 Å². The molecular formula is C26H33FN2O3. The molecule has 5 nitrogen and oxygen atoms in total. The number of nitrogens with one attached hydrogen (secondary N) is 1. The predicted octanol–water partition coefficient (Wildman–Crippen LogP) is 5.50. The molecule has 1 heterocycles. The van der Waals surface area contributed by atoms with Crippen molar-refractivity contribution in [2.45, 2.75) is 53.0 Å². The summed E-state index contributed by atoms with van der Waals surface area (Å²) in [5, 5.41) is 3.16. The smallest absolute Gasteiger partial charge is 0.410 e. The van der Waals surface area contributed by atoms with Crippen LogP contribution in [0, 0.1) is 31.5 Å². The van der Waals surface area contributed by atoms with Crippen LogP contribution < -0.4 is 10.1 Å². The van der Waals surface area contributed by atoms with Crippen LogP contribution in [0.2, 0.25) is 0 Å². The summed E-state index contributed by atoms with van der Waals surface area (Å²) in [5.41, 5.74) is 2.51. The van der Waals surface area contributed by atoms with Crippen LogP contribution in [0.5, 0.6) is 5.75 Å². The number of hydrogen-bond donors (Lipinski definition) is 1. The molecule has 1 fully saturated rings. The summed E-state index contributed by atoms with van der Waals surface area (Å²) < 4.78 is 18.8. The molecule has 1 atom stereocenters. The number of nitrogens with zero attached hydrogens (tertiary/aromatic N) is 1. The van der Waals surface area contributed by atoms with Crippen molar-refractivity contribution in [3.8, 4) is 5.75 Å². The lowest BCUT2D eigenvalue weighted by atomic mass is 9.85. The molecule has 0 aliphatic carbocycles. The summed E-state index contributed by atoms with van der Waals surface area (Å²) in [7, 11) is 0. The minimum atomic E-state index is -0.361. The van der Waals surface area contributed by atoms with Gasteiger partial charge in [0.25, 0.3) is 5.91 Å². The van der Waals surface area contributed by atoms with E-state index in [0.717, 1.165) is 30.4 Å². The molecule has 1 N–H and O–H groups in total. The van der Waals surface area contributed by atoms with Crippen molar-refractivity contribution in [3.63, 3.8) is 0 Å². The molecule has 1 aliphatic heterocycles. The maximum absolute atomic E-state index is 13.2. The fourth-order valence-electron chi connectivity index (χ4n) is 4.21. The van der Waals surface area contributed by atoms with Crippen LogP contribution in [0.25, 0.3) is 0 Å². The number of aryl methyl sites for hydroxylation is 1. The minimum Gasteiger partial charge on any atom is -0.410 e. The topological polar surface area (TPSA) is 58.6 Å². The molecule has 2 aromatic rings. The third-order valence-corrected chi connectivity index (χ3v) is 6.27. The van der Waals surface area contributed by atoms with Gasteiger partial charge < -0.3 is 15.0 Å². The fourth-order valence-corrected chi connectivity index (χ4v) is 4.21. The van der Waals surface area contributed by atoms with Crippen LogP contribution in [0.1, 0.15) is 54.6 Å². The second-order valence-corrected chi connectivity index (χ2v) is 9.11. The molecule has 1 unspecified atom stereocenters. The first kappa shape index (κ1) is 23.8. The Morgan fingerprint density at radius 1 is 1.09 bits per heavy atom. The van der Waals surface area contributed by atoms with Gasteiger partial charge in [0.2, 0.25) is 0 Å². The highest BCUT2D eigenvalue weighted by molar-refractivity contribution is 5.94. The third kappa shape index (κ3) is 6.09. The second kappa shape index (κ2) is 10.6. The summed E-state index contributed by atoms with van der Waals surface area (Å²) in [4.78, 5) is 27.1. The van der Waals surface area contributed by atoms with Crippen molar-refractivity contribution in [2.75, 3.05) is 13.1 Å². The van der Waals surface area contributed by atoms with Crippen molar-refractivity contribution in [3.05, 3.63) is 65.0 Å². The molecule has 0 spiro atoms. The zero-order valence-corrected chi connectivity index (χ0v) is 19.4. The Morgan fingerprint density at radius 3 is 2.38 bits per heavy atom. The monoisotopic (exact) mass is 440 g/mol. The van der Waals surface area contributed by atoms with Crippen LogP contribution in [0.3, 0.4) is 0 Å². The molecule has 32 heavy (non-hydrogen) atoms. The maximum atomic E-state index is 13.2. The third-order valence-electron chi connectivity index (χ3n) is 6.27. The quantitative estimate of drug-likeness (QED) is 0.645. The lowest BCUT2D eigenvalue weighted by Crippen LogP contribution is -2.47. The van der Waals surface area contributed by atoms with Gasteiger partial charge >= 0.3 is 6.09 Å². The molecule has 3 rings (SSSR count). The number of carbonyl (C=O) groups excluding carboxylic acids is 2. The number of benzene rings is 2. The van der Waals surface area contributed by atoms with Gasteiger partial charge in [0, 0.05) is 24.7 Å². The Bertz CT molecular complexity index is 935. The Morgan fingerprint density at radius 2 is 1.75 bits per heavy atom.